The van der Waals surface area contributed by atoms with Gasteiger partial charge in [-0.3, -0.25) is 4.90 Å². The molecule has 25 heavy (non-hydrogen) atoms. The van der Waals surface area contributed by atoms with Crippen LogP contribution < -0.4 is 4.72 Å². The Hall–Kier alpha value is -1.77. The number of halogens is 2. The average molecular weight is 370 g/mol. The van der Waals surface area contributed by atoms with Crippen molar-refractivity contribution in [1.29, 1.82) is 0 Å². The van der Waals surface area contributed by atoms with Crippen LogP contribution in [0.1, 0.15) is 31.1 Å². The number of hydrogen-bond acceptors (Lipinski definition) is 4. The van der Waals surface area contributed by atoms with Crippen LogP contribution in [0.5, 0.6) is 0 Å². The molecule has 5 nitrogen and oxygen atoms in total. The summed E-state index contributed by atoms with van der Waals surface area (Å²) >= 11 is 0. The first-order chi connectivity index (χ1) is 12.0. The van der Waals surface area contributed by atoms with Crippen molar-refractivity contribution >= 4 is 10.0 Å². The normalized spacial score (nSPS) is 17.5. The minimum absolute atomic E-state index is 0.0242. The predicted molar refractivity (Wildman–Crippen MR) is 88.4 cm³/mol. The Kier molecular flexibility index (Phi) is 5.51. The van der Waals surface area contributed by atoms with E-state index in [1.54, 1.807) is 12.1 Å². The van der Waals surface area contributed by atoms with E-state index >= 15 is 0 Å². The highest BCUT2D eigenvalue weighted by Crippen LogP contribution is 2.25. The minimum atomic E-state index is -4.31. The Bertz CT molecular complexity index is 783. The fraction of sp³-hybridized carbons (Fsp3) is 0.412. The van der Waals surface area contributed by atoms with Crippen molar-refractivity contribution in [3.63, 3.8) is 0 Å². The van der Waals surface area contributed by atoms with Gasteiger partial charge in [-0.05, 0) is 50.2 Å². The summed E-state index contributed by atoms with van der Waals surface area (Å²) in [5.74, 6) is -1.60. The number of benzene rings is 1. The van der Waals surface area contributed by atoms with Crippen molar-refractivity contribution in [2.45, 2.75) is 30.2 Å². The molecule has 1 aromatic carbocycles. The van der Waals surface area contributed by atoms with E-state index in [0.717, 1.165) is 50.6 Å². The topological polar surface area (TPSA) is 62.6 Å². The zero-order valence-corrected chi connectivity index (χ0v) is 14.4. The van der Waals surface area contributed by atoms with Crippen LogP contribution in [0.3, 0.4) is 0 Å². The Morgan fingerprint density at radius 2 is 1.76 bits per heavy atom. The van der Waals surface area contributed by atoms with Crippen molar-refractivity contribution in [1.82, 2.24) is 9.62 Å². The number of nitrogens with zero attached hydrogens (tertiary/aromatic N) is 1. The molecule has 0 bridgehead atoms. The van der Waals surface area contributed by atoms with Crippen molar-refractivity contribution < 1.29 is 21.6 Å². The largest absolute Gasteiger partial charge is 0.468 e. The van der Waals surface area contributed by atoms with Crippen LogP contribution in [-0.2, 0) is 10.0 Å². The molecule has 1 fully saturated rings. The number of likely N-dealkylation sites (tertiary alicyclic amines) is 1. The highest BCUT2D eigenvalue weighted by Gasteiger charge is 2.29. The van der Waals surface area contributed by atoms with E-state index < -0.39 is 26.6 Å². The van der Waals surface area contributed by atoms with Crippen molar-refractivity contribution in [3.05, 3.63) is 54.0 Å². The zero-order valence-electron chi connectivity index (χ0n) is 13.6. The summed E-state index contributed by atoms with van der Waals surface area (Å²) in [5, 5.41) is 0. The maximum Gasteiger partial charge on any atom is 0.246 e. The highest BCUT2D eigenvalue weighted by atomic mass is 32.2. The molecule has 1 saturated heterocycles. The van der Waals surface area contributed by atoms with E-state index in [9.17, 15) is 17.2 Å². The zero-order chi connectivity index (χ0) is 17.9. The molecule has 0 spiro atoms. The predicted octanol–water partition coefficient (Wildman–Crippen LogP) is 3.06. The standard InChI is InChI=1S/C17H20F2N2O3S/c18-13-6-4-7-14(19)17(13)25(22,23)20-12-15(16-8-5-11-24-16)21-9-2-1-3-10-21/h4-8,11,15,20H,1-3,9-10,12H2. The fourth-order valence-corrected chi connectivity index (χ4v) is 4.29. The quantitative estimate of drug-likeness (QED) is 0.849. The first-order valence-electron chi connectivity index (χ1n) is 8.20. The first kappa shape index (κ1) is 18.0. The Morgan fingerprint density at radius 1 is 1.08 bits per heavy atom. The van der Waals surface area contributed by atoms with Crippen LogP contribution in [0.2, 0.25) is 0 Å². The summed E-state index contributed by atoms with van der Waals surface area (Å²) in [4.78, 5) is 1.18. The Morgan fingerprint density at radius 3 is 2.36 bits per heavy atom. The number of rotatable bonds is 6. The van der Waals surface area contributed by atoms with E-state index in [1.165, 1.54) is 6.26 Å². The van der Waals surface area contributed by atoms with Crippen LogP contribution in [0, 0.1) is 11.6 Å². The monoisotopic (exact) mass is 370 g/mol. The molecule has 0 aliphatic carbocycles. The Balaban J connectivity index is 1.81. The molecular weight excluding hydrogens is 350 g/mol. The summed E-state index contributed by atoms with van der Waals surface area (Å²) in [6.45, 7) is 1.62. The Labute approximate surface area is 145 Å². The molecule has 2 aromatic rings. The van der Waals surface area contributed by atoms with Gasteiger partial charge in [0.2, 0.25) is 10.0 Å². The summed E-state index contributed by atoms with van der Waals surface area (Å²) in [6, 6.07) is 6.16. The van der Waals surface area contributed by atoms with Gasteiger partial charge < -0.3 is 4.42 Å². The molecule has 0 amide bonds. The lowest BCUT2D eigenvalue weighted by molar-refractivity contribution is 0.147. The van der Waals surface area contributed by atoms with Crippen molar-refractivity contribution in [2.24, 2.45) is 0 Å². The van der Waals surface area contributed by atoms with Crippen molar-refractivity contribution in [2.75, 3.05) is 19.6 Å². The molecule has 1 unspecified atom stereocenters. The average Bonchev–Trinajstić information content (AvgIpc) is 3.10. The van der Waals surface area contributed by atoms with Crippen molar-refractivity contribution in [3.8, 4) is 0 Å². The van der Waals surface area contributed by atoms with Crippen LogP contribution in [0.25, 0.3) is 0 Å². The van der Waals surface area contributed by atoms with Crippen LogP contribution in [0.4, 0.5) is 8.78 Å². The summed E-state index contributed by atoms with van der Waals surface area (Å²) in [6.07, 6.45) is 4.70. The third kappa shape index (κ3) is 4.08. The number of hydrogen-bond donors (Lipinski definition) is 1. The first-order valence-corrected chi connectivity index (χ1v) is 9.68. The lowest BCUT2D eigenvalue weighted by Gasteiger charge is -2.33. The van der Waals surface area contributed by atoms with Gasteiger partial charge in [0.1, 0.15) is 17.4 Å². The second-order valence-corrected chi connectivity index (χ2v) is 7.73. The second-order valence-electron chi connectivity index (χ2n) is 6.03. The lowest BCUT2D eigenvalue weighted by atomic mass is 10.1. The van der Waals surface area contributed by atoms with E-state index in [0.29, 0.717) is 5.76 Å². The lowest BCUT2D eigenvalue weighted by Crippen LogP contribution is -2.40. The maximum atomic E-state index is 13.8. The molecule has 2 heterocycles. The number of piperidine rings is 1. The summed E-state index contributed by atoms with van der Waals surface area (Å²) < 4.78 is 60.2. The van der Waals surface area contributed by atoms with Gasteiger partial charge in [0.05, 0.1) is 12.3 Å². The van der Waals surface area contributed by atoms with Gasteiger partial charge in [-0.1, -0.05) is 12.5 Å². The van der Waals surface area contributed by atoms with Gasteiger partial charge in [-0.25, -0.2) is 21.9 Å². The molecule has 0 saturated carbocycles. The number of nitrogens with one attached hydrogen (secondary N) is 1. The van der Waals surface area contributed by atoms with E-state index in [2.05, 4.69) is 9.62 Å². The van der Waals surface area contributed by atoms with E-state index in [1.807, 2.05) is 0 Å². The smallest absolute Gasteiger partial charge is 0.246 e. The molecule has 0 radical (unpaired) electrons. The number of furan rings is 1. The molecule has 1 aliphatic rings. The third-order valence-electron chi connectivity index (χ3n) is 4.36. The molecule has 1 N–H and O–H groups in total. The van der Waals surface area contributed by atoms with Gasteiger partial charge in [-0.15, -0.1) is 0 Å². The maximum absolute atomic E-state index is 13.8. The minimum Gasteiger partial charge on any atom is -0.468 e. The molecule has 1 aliphatic heterocycles. The highest BCUT2D eigenvalue weighted by molar-refractivity contribution is 7.89. The van der Waals surface area contributed by atoms with Gasteiger partial charge >= 0.3 is 0 Å². The van der Waals surface area contributed by atoms with Crippen LogP contribution in [-0.4, -0.2) is 33.0 Å². The molecular formula is C17H20F2N2O3S. The number of sulfonamides is 1. The second kappa shape index (κ2) is 7.63. The van der Waals surface area contributed by atoms with E-state index in [-0.39, 0.29) is 12.6 Å². The molecule has 3 rings (SSSR count). The van der Waals surface area contributed by atoms with Gasteiger partial charge in [-0.2, -0.15) is 0 Å². The SMILES string of the molecule is O=S(=O)(NCC(c1ccco1)N1CCCCC1)c1c(F)cccc1F. The van der Waals surface area contributed by atoms with Crippen LogP contribution >= 0.6 is 0 Å². The third-order valence-corrected chi connectivity index (χ3v) is 5.83. The molecule has 136 valence electrons. The summed E-state index contributed by atoms with van der Waals surface area (Å²) in [5.41, 5.74) is 0. The van der Waals surface area contributed by atoms with Gasteiger partial charge in [0.15, 0.2) is 4.90 Å². The van der Waals surface area contributed by atoms with E-state index in [4.69, 9.17) is 4.42 Å². The van der Waals surface area contributed by atoms with Crippen LogP contribution in [0.15, 0.2) is 45.9 Å². The van der Waals surface area contributed by atoms with Gasteiger partial charge in [0, 0.05) is 6.54 Å². The van der Waals surface area contributed by atoms with Gasteiger partial charge in [0.25, 0.3) is 0 Å². The molecule has 1 atom stereocenters. The fourth-order valence-electron chi connectivity index (χ4n) is 3.12. The summed E-state index contributed by atoms with van der Waals surface area (Å²) in [7, 11) is -4.31. The molecule has 8 heteroatoms. The molecule has 1 aromatic heterocycles.